The highest BCUT2D eigenvalue weighted by atomic mass is 19.4. The van der Waals surface area contributed by atoms with Gasteiger partial charge in [0.2, 0.25) is 0 Å². The van der Waals surface area contributed by atoms with Crippen LogP contribution in [0.25, 0.3) is 0 Å². The number of halogens is 3. The normalized spacial score (nSPS) is 16.3. The van der Waals surface area contributed by atoms with Crippen LogP contribution < -0.4 is 5.32 Å². The highest BCUT2D eigenvalue weighted by molar-refractivity contribution is 5.45. The van der Waals surface area contributed by atoms with E-state index in [1.807, 2.05) is 18.2 Å². The molecule has 1 heterocycles. The van der Waals surface area contributed by atoms with Crippen LogP contribution in [-0.2, 0) is 11.3 Å². The number of anilines is 1. The smallest absolute Gasteiger partial charge is 0.384 e. The Morgan fingerprint density at radius 2 is 1.95 bits per heavy atom. The van der Waals surface area contributed by atoms with Crippen LogP contribution in [0, 0.1) is 0 Å². The maximum absolute atomic E-state index is 12.0. The Balaban J connectivity index is 1.72. The molecule has 1 saturated heterocycles. The van der Waals surface area contributed by atoms with Crippen LogP contribution in [0.3, 0.4) is 0 Å². The van der Waals surface area contributed by atoms with Gasteiger partial charge in [-0.25, -0.2) is 0 Å². The third kappa shape index (κ3) is 6.35. The van der Waals surface area contributed by atoms with E-state index >= 15 is 0 Å². The van der Waals surface area contributed by atoms with Gasteiger partial charge in [0, 0.05) is 18.8 Å². The molecule has 0 bridgehead atoms. The molecule has 0 aromatic heterocycles. The monoisotopic (exact) mass is 302 g/mol. The van der Waals surface area contributed by atoms with Gasteiger partial charge >= 0.3 is 6.18 Å². The summed E-state index contributed by atoms with van der Waals surface area (Å²) in [6.45, 7) is 2.92. The van der Waals surface area contributed by atoms with Crippen molar-refractivity contribution in [2.45, 2.75) is 25.6 Å². The lowest BCUT2D eigenvalue weighted by atomic mass is 10.2. The summed E-state index contributed by atoms with van der Waals surface area (Å²) in [5.41, 5.74) is 1.66. The summed E-state index contributed by atoms with van der Waals surface area (Å²) in [5.74, 6) is 0. The Labute approximate surface area is 123 Å². The van der Waals surface area contributed by atoms with Crippen LogP contribution in [0.2, 0.25) is 0 Å². The van der Waals surface area contributed by atoms with Crippen LogP contribution in [0.15, 0.2) is 24.3 Å². The fourth-order valence-electron chi connectivity index (χ4n) is 2.42. The first kappa shape index (κ1) is 16.1. The van der Waals surface area contributed by atoms with Gasteiger partial charge in [0.1, 0.15) is 6.61 Å². The van der Waals surface area contributed by atoms with Crippen molar-refractivity contribution in [1.29, 1.82) is 0 Å². The van der Waals surface area contributed by atoms with E-state index in [1.165, 1.54) is 12.8 Å². The zero-order valence-electron chi connectivity index (χ0n) is 12.0. The number of benzene rings is 1. The fourth-order valence-corrected chi connectivity index (χ4v) is 2.42. The molecule has 1 aromatic rings. The van der Waals surface area contributed by atoms with Gasteiger partial charge in [0.25, 0.3) is 0 Å². The van der Waals surface area contributed by atoms with Gasteiger partial charge in [0.15, 0.2) is 0 Å². The van der Waals surface area contributed by atoms with Crippen molar-refractivity contribution in [3.63, 3.8) is 0 Å². The molecule has 21 heavy (non-hydrogen) atoms. The molecular formula is C15H21F3N2O. The van der Waals surface area contributed by atoms with Crippen molar-refractivity contribution in [2.75, 3.05) is 38.1 Å². The summed E-state index contributed by atoms with van der Waals surface area (Å²) >= 11 is 0. The second-order valence-corrected chi connectivity index (χ2v) is 5.28. The van der Waals surface area contributed by atoms with E-state index < -0.39 is 12.8 Å². The molecule has 0 saturated carbocycles. The molecule has 0 amide bonds. The minimum atomic E-state index is -4.27. The quantitative estimate of drug-likeness (QED) is 0.836. The number of ether oxygens (including phenoxy) is 1. The van der Waals surface area contributed by atoms with Gasteiger partial charge < -0.3 is 15.0 Å². The molecule has 0 unspecified atom stereocenters. The van der Waals surface area contributed by atoms with Crippen molar-refractivity contribution in [3.05, 3.63) is 29.8 Å². The van der Waals surface area contributed by atoms with E-state index in [-0.39, 0.29) is 6.61 Å². The average molecular weight is 302 g/mol. The molecule has 118 valence electrons. The van der Waals surface area contributed by atoms with E-state index in [0.29, 0.717) is 0 Å². The molecule has 6 heteroatoms. The fraction of sp³-hybridized carbons (Fsp3) is 0.600. The van der Waals surface area contributed by atoms with Crippen LogP contribution in [0.4, 0.5) is 18.9 Å². The van der Waals surface area contributed by atoms with Gasteiger partial charge in [0.05, 0.1) is 6.61 Å². The summed E-state index contributed by atoms with van der Waals surface area (Å²) in [6, 6.07) is 7.34. The highest BCUT2D eigenvalue weighted by Crippen LogP contribution is 2.17. The van der Waals surface area contributed by atoms with Crippen molar-refractivity contribution in [1.82, 2.24) is 4.90 Å². The molecule has 0 atom stereocenters. The number of nitrogens with zero attached hydrogens (tertiary/aromatic N) is 1. The summed E-state index contributed by atoms with van der Waals surface area (Å²) in [4.78, 5) is 2.41. The number of hydrogen-bond donors (Lipinski definition) is 1. The number of hydrogen-bond acceptors (Lipinski definition) is 3. The first-order valence-corrected chi connectivity index (χ1v) is 7.23. The summed E-state index contributed by atoms with van der Waals surface area (Å²) < 4.78 is 40.7. The molecule has 1 fully saturated rings. The van der Waals surface area contributed by atoms with Gasteiger partial charge in [-0.3, -0.25) is 0 Å². The Kier molecular flexibility index (Phi) is 5.87. The molecule has 1 aromatic carbocycles. The van der Waals surface area contributed by atoms with E-state index in [9.17, 15) is 13.2 Å². The third-order valence-electron chi connectivity index (χ3n) is 3.42. The molecule has 1 aliphatic heterocycles. The van der Waals surface area contributed by atoms with Gasteiger partial charge in [-0.15, -0.1) is 0 Å². The predicted molar refractivity (Wildman–Crippen MR) is 76.3 cm³/mol. The average Bonchev–Trinajstić information content (AvgIpc) is 2.91. The molecule has 0 aliphatic carbocycles. The minimum Gasteiger partial charge on any atom is -0.384 e. The Morgan fingerprint density at radius 1 is 1.19 bits per heavy atom. The van der Waals surface area contributed by atoms with Crippen LogP contribution in [-0.4, -0.2) is 43.9 Å². The third-order valence-corrected chi connectivity index (χ3v) is 3.42. The maximum Gasteiger partial charge on any atom is 0.411 e. The molecular weight excluding hydrogens is 281 g/mol. The van der Waals surface area contributed by atoms with Crippen molar-refractivity contribution in [2.24, 2.45) is 0 Å². The first-order chi connectivity index (χ1) is 10.0. The Hall–Kier alpha value is -1.27. The van der Waals surface area contributed by atoms with E-state index in [4.69, 9.17) is 0 Å². The topological polar surface area (TPSA) is 24.5 Å². The largest absolute Gasteiger partial charge is 0.411 e. The van der Waals surface area contributed by atoms with E-state index in [2.05, 4.69) is 15.0 Å². The van der Waals surface area contributed by atoms with Gasteiger partial charge in [-0.2, -0.15) is 13.2 Å². The second-order valence-electron chi connectivity index (χ2n) is 5.28. The number of likely N-dealkylation sites (tertiary alicyclic amines) is 1. The van der Waals surface area contributed by atoms with Crippen molar-refractivity contribution < 1.29 is 17.9 Å². The van der Waals surface area contributed by atoms with E-state index in [0.717, 1.165) is 37.4 Å². The Bertz CT molecular complexity index is 431. The molecule has 1 N–H and O–H groups in total. The lowest BCUT2D eigenvalue weighted by molar-refractivity contribution is -0.176. The molecule has 1 aliphatic rings. The summed E-state index contributed by atoms with van der Waals surface area (Å²) in [6.07, 6.45) is -1.73. The zero-order valence-corrected chi connectivity index (χ0v) is 12.0. The van der Waals surface area contributed by atoms with Crippen LogP contribution >= 0.6 is 0 Å². The Morgan fingerprint density at radius 3 is 2.67 bits per heavy atom. The standard InChI is InChI=1S/C15H21F3N2O/c16-15(17,18)12-21-11-13-4-3-5-14(10-13)19-6-9-20-7-1-2-8-20/h3-5,10,19H,1-2,6-9,11-12H2. The van der Waals surface area contributed by atoms with Crippen LogP contribution in [0.5, 0.6) is 0 Å². The van der Waals surface area contributed by atoms with Crippen molar-refractivity contribution in [3.8, 4) is 0 Å². The van der Waals surface area contributed by atoms with Crippen LogP contribution in [0.1, 0.15) is 18.4 Å². The predicted octanol–water partition coefficient (Wildman–Crippen LogP) is 3.27. The first-order valence-electron chi connectivity index (χ1n) is 7.23. The van der Waals surface area contributed by atoms with Gasteiger partial charge in [-0.05, 0) is 43.6 Å². The highest BCUT2D eigenvalue weighted by Gasteiger charge is 2.27. The minimum absolute atomic E-state index is 0.0266. The van der Waals surface area contributed by atoms with Crippen molar-refractivity contribution >= 4 is 5.69 Å². The lowest BCUT2D eigenvalue weighted by Crippen LogP contribution is -2.25. The molecule has 0 radical (unpaired) electrons. The van der Waals surface area contributed by atoms with Gasteiger partial charge in [-0.1, -0.05) is 12.1 Å². The second kappa shape index (κ2) is 7.66. The summed E-state index contributed by atoms with van der Waals surface area (Å²) in [7, 11) is 0. The maximum atomic E-state index is 12.0. The molecule has 2 rings (SSSR count). The number of rotatable bonds is 7. The molecule has 0 spiro atoms. The number of alkyl halides is 3. The van der Waals surface area contributed by atoms with E-state index in [1.54, 1.807) is 6.07 Å². The zero-order chi connectivity index (χ0) is 15.1. The SMILES string of the molecule is FC(F)(F)COCc1cccc(NCCN2CCCC2)c1. The number of nitrogens with one attached hydrogen (secondary N) is 1. The summed E-state index contributed by atoms with van der Waals surface area (Å²) in [5, 5.41) is 3.30. The molecule has 3 nitrogen and oxygen atoms in total. The lowest BCUT2D eigenvalue weighted by Gasteiger charge is -2.15.